The number of hydrogen-bond acceptors (Lipinski definition) is 2. The predicted octanol–water partition coefficient (Wildman–Crippen LogP) is 3.22. The Morgan fingerprint density at radius 1 is 1.19 bits per heavy atom. The topological polar surface area (TPSA) is 26.3 Å². The van der Waals surface area contributed by atoms with E-state index in [4.69, 9.17) is 4.74 Å². The van der Waals surface area contributed by atoms with E-state index in [-0.39, 0.29) is 17.8 Å². The molecule has 1 unspecified atom stereocenters. The van der Waals surface area contributed by atoms with Crippen LogP contribution in [0.15, 0.2) is 18.2 Å². The first-order chi connectivity index (χ1) is 7.47. The average Bonchev–Trinajstić information content (AvgIpc) is 2.22. The van der Waals surface area contributed by atoms with Gasteiger partial charge in [-0.05, 0) is 36.5 Å². The van der Waals surface area contributed by atoms with E-state index in [9.17, 15) is 4.79 Å². The second-order valence-electron chi connectivity index (χ2n) is 4.59. The maximum absolute atomic E-state index is 11.7. The summed E-state index contributed by atoms with van der Waals surface area (Å²) in [5, 5.41) is 0. The Bertz CT molecular complexity index is 380. The highest BCUT2D eigenvalue weighted by Crippen LogP contribution is 2.27. The highest BCUT2D eigenvalue weighted by molar-refractivity contribution is 5.78. The van der Waals surface area contributed by atoms with E-state index >= 15 is 0 Å². The lowest BCUT2D eigenvalue weighted by Gasteiger charge is -2.19. The van der Waals surface area contributed by atoms with Gasteiger partial charge in [-0.3, -0.25) is 4.79 Å². The molecule has 0 aliphatic rings. The monoisotopic (exact) mass is 220 g/mol. The Balaban J connectivity index is 3.11. The first-order valence-corrected chi connectivity index (χ1v) is 5.62. The maximum Gasteiger partial charge on any atom is 0.313 e. The molecule has 2 nitrogen and oxygen atoms in total. The quantitative estimate of drug-likeness (QED) is 0.731. The van der Waals surface area contributed by atoms with Gasteiger partial charge in [0.25, 0.3) is 0 Å². The van der Waals surface area contributed by atoms with E-state index in [1.54, 1.807) is 0 Å². The molecule has 0 saturated heterocycles. The van der Waals surface area contributed by atoms with Crippen molar-refractivity contribution in [1.82, 2.24) is 0 Å². The highest BCUT2D eigenvalue weighted by Gasteiger charge is 2.24. The van der Waals surface area contributed by atoms with E-state index in [2.05, 4.69) is 26.0 Å². The molecule has 0 amide bonds. The van der Waals surface area contributed by atoms with Crippen molar-refractivity contribution in [3.63, 3.8) is 0 Å². The van der Waals surface area contributed by atoms with Crippen LogP contribution in [0.3, 0.4) is 0 Å². The van der Waals surface area contributed by atoms with Crippen molar-refractivity contribution >= 4 is 5.97 Å². The van der Waals surface area contributed by atoms with E-state index in [0.29, 0.717) is 0 Å². The van der Waals surface area contributed by atoms with Gasteiger partial charge in [0.15, 0.2) is 0 Å². The van der Waals surface area contributed by atoms with Gasteiger partial charge in [-0.1, -0.05) is 32.0 Å². The molecule has 1 aromatic carbocycles. The molecular weight excluding hydrogens is 200 g/mol. The van der Waals surface area contributed by atoms with Crippen LogP contribution in [-0.4, -0.2) is 13.1 Å². The van der Waals surface area contributed by atoms with Crippen LogP contribution in [0.2, 0.25) is 0 Å². The van der Waals surface area contributed by atoms with Gasteiger partial charge in [-0.2, -0.15) is 0 Å². The van der Waals surface area contributed by atoms with E-state index in [1.165, 1.54) is 18.2 Å². The molecule has 0 bridgehead atoms. The summed E-state index contributed by atoms with van der Waals surface area (Å²) in [6, 6.07) is 6.16. The van der Waals surface area contributed by atoms with Crippen molar-refractivity contribution < 1.29 is 9.53 Å². The number of esters is 1. The van der Waals surface area contributed by atoms with Crippen molar-refractivity contribution in [3.05, 3.63) is 34.9 Å². The van der Waals surface area contributed by atoms with Gasteiger partial charge in [-0.25, -0.2) is 0 Å². The second-order valence-corrected chi connectivity index (χ2v) is 4.59. The molecule has 16 heavy (non-hydrogen) atoms. The lowest BCUT2D eigenvalue weighted by Crippen LogP contribution is -2.19. The van der Waals surface area contributed by atoms with Gasteiger partial charge in [-0.15, -0.1) is 0 Å². The SMILES string of the molecule is COC(=O)C(c1ccc(C)c(C)c1)C(C)C. The summed E-state index contributed by atoms with van der Waals surface area (Å²) in [7, 11) is 1.44. The third-order valence-electron chi connectivity index (χ3n) is 3.01. The van der Waals surface area contributed by atoms with Crippen LogP contribution in [0.1, 0.15) is 36.5 Å². The summed E-state index contributed by atoms with van der Waals surface area (Å²) in [6.45, 7) is 8.21. The molecule has 1 atom stereocenters. The molecule has 0 aliphatic carbocycles. The molecule has 0 aromatic heterocycles. The van der Waals surface area contributed by atoms with Crippen LogP contribution in [0.25, 0.3) is 0 Å². The van der Waals surface area contributed by atoms with Gasteiger partial charge in [0.1, 0.15) is 0 Å². The first kappa shape index (κ1) is 12.8. The summed E-state index contributed by atoms with van der Waals surface area (Å²) in [4.78, 5) is 11.7. The molecule has 0 fully saturated rings. The molecule has 88 valence electrons. The third kappa shape index (κ3) is 2.63. The lowest BCUT2D eigenvalue weighted by molar-refractivity contribution is -0.143. The number of ether oxygens (including phenoxy) is 1. The molecule has 1 rings (SSSR count). The fraction of sp³-hybridized carbons (Fsp3) is 0.500. The zero-order valence-corrected chi connectivity index (χ0v) is 10.7. The lowest BCUT2D eigenvalue weighted by atomic mass is 9.87. The van der Waals surface area contributed by atoms with Gasteiger partial charge in [0.2, 0.25) is 0 Å². The standard InChI is InChI=1S/C14H20O2/c1-9(2)13(14(15)16-5)12-7-6-10(3)11(4)8-12/h6-9,13H,1-5H3. The summed E-state index contributed by atoms with van der Waals surface area (Å²) in [5.41, 5.74) is 3.51. The summed E-state index contributed by atoms with van der Waals surface area (Å²) in [6.07, 6.45) is 0. The summed E-state index contributed by atoms with van der Waals surface area (Å²) in [5.74, 6) is -0.0721. The number of methoxy groups -OCH3 is 1. The van der Waals surface area contributed by atoms with Gasteiger partial charge >= 0.3 is 5.97 Å². The molecule has 0 radical (unpaired) electrons. The van der Waals surface area contributed by atoms with E-state index in [1.807, 2.05) is 19.9 Å². The maximum atomic E-state index is 11.7. The second kappa shape index (κ2) is 5.15. The van der Waals surface area contributed by atoms with Crippen LogP contribution in [0, 0.1) is 19.8 Å². The average molecular weight is 220 g/mol. The van der Waals surface area contributed by atoms with E-state index < -0.39 is 0 Å². The Kier molecular flexibility index (Phi) is 4.11. The van der Waals surface area contributed by atoms with Crippen molar-refractivity contribution in [2.75, 3.05) is 7.11 Å². The van der Waals surface area contributed by atoms with Gasteiger partial charge in [0, 0.05) is 0 Å². The largest absolute Gasteiger partial charge is 0.469 e. The fourth-order valence-electron chi connectivity index (χ4n) is 1.88. The Morgan fingerprint density at radius 2 is 1.81 bits per heavy atom. The number of carbonyl (C=O) groups excluding carboxylic acids is 1. The summed E-state index contributed by atoms with van der Waals surface area (Å²) < 4.78 is 4.86. The van der Waals surface area contributed by atoms with Crippen molar-refractivity contribution in [2.45, 2.75) is 33.6 Å². The van der Waals surface area contributed by atoms with Crippen LogP contribution in [-0.2, 0) is 9.53 Å². The predicted molar refractivity (Wildman–Crippen MR) is 65.5 cm³/mol. The Labute approximate surface area is 97.6 Å². The smallest absolute Gasteiger partial charge is 0.313 e. The zero-order valence-electron chi connectivity index (χ0n) is 10.7. The number of carbonyl (C=O) groups is 1. The van der Waals surface area contributed by atoms with Crippen molar-refractivity contribution in [1.29, 1.82) is 0 Å². The minimum atomic E-state index is -0.163. The molecule has 2 heteroatoms. The minimum Gasteiger partial charge on any atom is -0.469 e. The van der Waals surface area contributed by atoms with Crippen LogP contribution in [0.4, 0.5) is 0 Å². The number of aryl methyl sites for hydroxylation is 2. The molecule has 0 N–H and O–H groups in total. The molecule has 0 heterocycles. The Morgan fingerprint density at radius 3 is 2.25 bits per heavy atom. The van der Waals surface area contributed by atoms with E-state index in [0.717, 1.165) is 5.56 Å². The van der Waals surface area contributed by atoms with Crippen molar-refractivity contribution in [3.8, 4) is 0 Å². The van der Waals surface area contributed by atoms with Crippen LogP contribution >= 0.6 is 0 Å². The Hall–Kier alpha value is -1.31. The number of rotatable bonds is 3. The molecule has 1 aromatic rings. The number of benzene rings is 1. The van der Waals surface area contributed by atoms with Crippen molar-refractivity contribution in [2.24, 2.45) is 5.92 Å². The van der Waals surface area contributed by atoms with Crippen LogP contribution in [0.5, 0.6) is 0 Å². The zero-order chi connectivity index (χ0) is 12.3. The fourth-order valence-corrected chi connectivity index (χ4v) is 1.88. The molecular formula is C14H20O2. The number of hydrogen-bond donors (Lipinski definition) is 0. The minimum absolute atomic E-state index is 0.154. The molecule has 0 aliphatic heterocycles. The third-order valence-corrected chi connectivity index (χ3v) is 3.01. The normalized spacial score (nSPS) is 12.6. The molecule has 0 spiro atoms. The van der Waals surface area contributed by atoms with Gasteiger partial charge < -0.3 is 4.74 Å². The van der Waals surface area contributed by atoms with Crippen LogP contribution < -0.4 is 0 Å². The summed E-state index contributed by atoms with van der Waals surface area (Å²) >= 11 is 0. The van der Waals surface area contributed by atoms with Gasteiger partial charge in [0.05, 0.1) is 13.0 Å². The highest BCUT2D eigenvalue weighted by atomic mass is 16.5. The molecule has 0 saturated carbocycles. The first-order valence-electron chi connectivity index (χ1n) is 5.62.